The number of ether oxygens (including phenoxy) is 3. The van der Waals surface area contributed by atoms with Gasteiger partial charge in [-0.1, -0.05) is 35.3 Å². The predicted molar refractivity (Wildman–Crippen MR) is 134 cm³/mol. The lowest BCUT2D eigenvalue weighted by Gasteiger charge is -2.26. The number of carbonyl (C=O) groups is 3. The maximum atomic E-state index is 12.9. The van der Waals surface area contributed by atoms with Crippen molar-refractivity contribution in [1.82, 2.24) is 9.80 Å². The minimum Gasteiger partial charge on any atom is -0.493 e. The molecule has 0 N–H and O–H groups in total. The van der Waals surface area contributed by atoms with E-state index in [-0.39, 0.29) is 29.2 Å². The van der Waals surface area contributed by atoms with Crippen LogP contribution in [0.2, 0.25) is 10.0 Å². The third kappa shape index (κ3) is 6.10. The van der Waals surface area contributed by atoms with Gasteiger partial charge in [0.2, 0.25) is 0 Å². The summed E-state index contributed by atoms with van der Waals surface area (Å²) in [5.41, 5.74) is 1.26. The number of halogens is 2. The van der Waals surface area contributed by atoms with Crippen molar-refractivity contribution in [1.29, 1.82) is 0 Å². The number of carbonyl (C=O) groups excluding carboxylic acids is 3. The molecule has 0 aliphatic carbocycles. The Hall–Kier alpha value is -2.72. The van der Waals surface area contributed by atoms with E-state index in [2.05, 4.69) is 0 Å². The molecule has 0 spiro atoms. The zero-order chi connectivity index (χ0) is 24.9. The minimum absolute atomic E-state index is 0.0469. The van der Waals surface area contributed by atoms with Crippen molar-refractivity contribution in [3.8, 4) is 11.5 Å². The Labute approximate surface area is 216 Å². The van der Waals surface area contributed by atoms with Gasteiger partial charge in [-0.15, -0.1) is 0 Å². The number of imide groups is 1. The summed E-state index contributed by atoms with van der Waals surface area (Å²) in [7, 11) is 1.49. The number of morpholine rings is 1. The van der Waals surface area contributed by atoms with E-state index in [0.717, 1.165) is 16.7 Å². The fourth-order valence-electron chi connectivity index (χ4n) is 3.54. The Morgan fingerprint density at radius 3 is 2.60 bits per heavy atom. The van der Waals surface area contributed by atoms with Gasteiger partial charge in [0.05, 0.1) is 31.8 Å². The van der Waals surface area contributed by atoms with Crippen LogP contribution >= 0.6 is 35.0 Å². The number of thioether (sulfide) groups is 1. The second-order valence-electron chi connectivity index (χ2n) is 7.70. The van der Waals surface area contributed by atoms with Gasteiger partial charge in [-0.05, 0) is 53.2 Å². The molecule has 2 aromatic carbocycles. The molecule has 3 amide bonds. The molecule has 0 radical (unpaired) electrons. The molecule has 2 fully saturated rings. The van der Waals surface area contributed by atoms with Crippen LogP contribution in [0.15, 0.2) is 41.3 Å². The summed E-state index contributed by atoms with van der Waals surface area (Å²) in [6.45, 7) is 2.03. The van der Waals surface area contributed by atoms with Crippen LogP contribution in [-0.4, -0.2) is 66.9 Å². The van der Waals surface area contributed by atoms with Crippen LogP contribution in [-0.2, 0) is 20.9 Å². The van der Waals surface area contributed by atoms with E-state index in [1.54, 1.807) is 47.4 Å². The van der Waals surface area contributed by atoms with E-state index in [4.69, 9.17) is 37.4 Å². The van der Waals surface area contributed by atoms with Crippen LogP contribution < -0.4 is 9.47 Å². The minimum atomic E-state index is -0.415. The van der Waals surface area contributed by atoms with Crippen LogP contribution in [0.25, 0.3) is 6.08 Å². The molecule has 2 heterocycles. The number of hydrogen-bond acceptors (Lipinski definition) is 7. The van der Waals surface area contributed by atoms with Crippen molar-refractivity contribution in [3.05, 3.63) is 62.5 Å². The summed E-state index contributed by atoms with van der Waals surface area (Å²) in [4.78, 5) is 40.8. The summed E-state index contributed by atoms with van der Waals surface area (Å²) in [6.07, 6.45) is 1.61. The number of nitrogens with zero attached hydrogens (tertiary/aromatic N) is 2. The third-order valence-electron chi connectivity index (χ3n) is 5.42. The van der Waals surface area contributed by atoms with E-state index >= 15 is 0 Å². The van der Waals surface area contributed by atoms with Gasteiger partial charge in [0, 0.05) is 23.1 Å². The molecule has 184 valence electrons. The van der Waals surface area contributed by atoms with Crippen LogP contribution in [0.3, 0.4) is 0 Å². The Morgan fingerprint density at radius 1 is 1.11 bits per heavy atom. The first-order chi connectivity index (χ1) is 16.9. The Morgan fingerprint density at radius 2 is 1.89 bits per heavy atom. The van der Waals surface area contributed by atoms with Gasteiger partial charge >= 0.3 is 0 Å². The maximum absolute atomic E-state index is 12.9. The highest BCUT2D eigenvalue weighted by molar-refractivity contribution is 8.18. The highest BCUT2D eigenvalue weighted by Gasteiger charge is 2.35. The molecule has 2 aliphatic rings. The molecule has 2 aliphatic heterocycles. The van der Waals surface area contributed by atoms with Gasteiger partial charge in [0.1, 0.15) is 0 Å². The Kier molecular flexibility index (Phi) is 8.22. The van der Waals surface area contributed by atoms with Crippen LogP contribution in [0.1, 0.15) is 11.1 Å². The van der Waals surface area contributed by atoms with E-state index in [1.807, 2.05) is 0 Å². The Balaban J connectivity index is 1.44. The van der Waals surface area contributed by atoms with Crippen molar-refractivity contribution in [2.75, 3.05) is 40.0 Å². The highest BCUT2D eigenvalue weighted by Crippen LogP contribution is 2.36. The van der Waals surface area contributed by atoms with Gasteiger partial charge in [-0.3, -0.25) is 19.3 Å². The average molecular weight is 537 g/mol. The number of hydrogen-bond donors (Lipinski definition) is 0. The molecule has 0 bridgehead atoms. The van der Waals surface area contributed by atoms with Crippen LogP contribution in [0, 0.1) is 0 Å². The van der Waals surface area contributed by atoms with Crippen molar-refractivity contribution in [3.63, 3.8) is 0 Å². The van der Waals surface area contributed by atoms with Gasteiger partial charge in [-0.25, -0.2) is 0 Å². The fraction of sp³-hybridized carbons (Fsp3) is 0.292. The predicted octanol–water partition coefficient (Wildman–Crippen LogP) is 4.48. The van der Waals surface area contributed by atoms with Gasteiger partial charge in [0.25, 0.3) is 17.1 Å². The summed E-state index contributed by atoms with van der Waals surface area (Å²) in [5.74, 6) is 0.257. The number of methoxy groups -OCH3 is 1. The standard InChI is InChI=1S/C24H22Cl2N2O6S/c1-32-20-10-15(2-5-19(20)34-14-22(29)27-6-8-33-9-7-27)11-21-23(30)28(24(31)35-21)13-16-3-4-17(25)12-18(16)26/h2-5,10-12H,6-9,13-14H2,1H3/b21-11-. The zero-order valence-electron chi connectivity index (χ0n) is 18.8. The van der Waals surface area contributed by atoms with Crippen LogP contribution in [0.5, 0.6) is 11.5 Å². The lowest BCUT2D eigenvalue weighted by atomic mass is 10.1. The second kappa shape index (κ2) is 11.3. The molecular formula is C24H22Cl2N2O6S. The largest absolute Gasteiger partial charge is 0.493 e. The van der Waals surface area contributed by atoms with Crippen molar-refractivity contribution in [2.24, 2.45) is 0 Å². The fourth-order valence-corrected chi connectivity index (χ4v) is 4.85. The van der Waals surface area contributed by atoms with E-state index < -0.39 is 5.91 Å². The summed E-state index contributed by atoms with van der Waals surface area (Å²) < 4.78 is 16.3. The average Bonchev–Trinajstić information content (AvgIpc) is 3.12. The lowest BCUT2D eigenvalue weighted by Crippen LogP contribution is -2.43. The zero-order valence-corrected chi connectivity index (χ0v) is 21.1. The summed E-state index contributed by atoms with van der Waals surface area (Å²) in [6, 6.07) is 9.97. The number of benzene rings is 2. The molecular weight excluding hydrogens is 515 g/mol. The normalized spacial score (nSPS) is 17.3. The first-order valence-electron chi connectivity index (χ1n) is 10.7. The van der Waals surface area contributed by atoms with Crippen LogP contribution in [0.4, 0.5) is 4.79 Å². The molecule has 0 atom stereocenters. The molecule has 11 heteroatoms. The second-order valence-corrected chi connectivity index (χ2v) is 9.53. The first kappa shape index (κ1) is 25.4. The maximum Gasteiger partial charge on any atom is 0.293 e. The van der Waals surface area contributed by atoms with Gasteiger partial charge < -0.3 is 19.1 Å². The van der Waals surface area contributed by atoms with Crippen molar-refractivity contribution in [2.45, 2.75) is 6.54 Å². The molecule has 8 nitrogen and oxygen atoms in total. The first-order valence-corrected chi connectivity index (χ1v) is 12.3. The molecule has 0 saturated carbocycles. The van der Waals surface area contributed by atoms with E-state index in [0.29, 0.717) is 59.0 Å². The Bertz CT molecular complexity index is 1180. The number of amides is 3. The van der Waals surface area contributed by atoms with Gasteiger partial charge in [-0.2, -0.15) is 0 Å². The molecule has 0 unspecified atom stereocenters. The molecule has 35 heavy (non-hydrogen) atoms. The van der Waals surface area contributed by atoms with E-state index in [9.17, 15) is 14.4 Å². The summed E-state index contributed by atoms with van der Waals surface area (Å²) >= 11 is 13.0. The molecule has 4 rings (SSSR count). The van der Waals surface area contributed by atoms with E-state index in [1.165, 1.54) is 7.11 Å². The van der Waals surface area contributed by atoms with Crippen molar-refractivity contribution >= 4 is 58.1 Å². The number of rotatable bonds is 7. The summed E-state index contributed by atoms with van der Waals surface area (Å²) in [5, 5.41) is 0.466. The molecule has 0 aromatic heterocycles. The highest BCUT2D eigenvalue weighted by atomic mass is 35.5. The topological polar surface area (TPSA) is 85.4 Å². The van der Waals surface area contributed by atoms with Gasteiger partial charge in [0.15, 0.2) is 18.1 Å². The monoisotopic (exact) mass is 536 g/mol. The molecule has 2 saturated heterocycles. The van der Waals surface area contributed by atoms with Crippen molar-refractivity contribution < 1.29 is 28.6 Å². The quantitative estimate of drug-likeness (QED) is 0.482. The molecule has 2 aromatic rings. The third-order valence-corrected chi connectivity index (χ3v) is 6.91. The lowest BCUT2D eigenvalue weighted by molar-refractivity contribution is -0.137. The smallest absolute Gasteiger partial charge is 0.293 e. The SMILES string of the molecule is COc1cc(/C=C2\SC(=O)N(Cc3ccc(Cl)cc3Cl)C2=O)ccc1OCC(=O)N1CCOCC1.